The fourth-order valence-corrected chi connectivity index (χ4v) is 3.16. The monoisotopic (exact) mass is 311 g/mol. The van der Waals surface area contributed by atoms with E-state index in [4.69, 9.17) is 0 Å². The normalized spacial score (nSPS) is 20.2. The van der Waals surface area contributed by atoms with E-state index in [-0.39, 0.29) is 6.42 Å². The highest BCUT2D eigenvalue weighted by Gasteiger charge is 2.25. The van der Waals surface area contributed by atoms with Gasteiger partial charge in [-0.25, -0.2) is 0 Å². The van der Waals surface area contributed by atoms with Crippen molar-refractivity contribution in [3.8, 4) is 0 Å². The van der Waals surface area contributed by atoms with Gasteiger partial charge in [0, 0.05) is 24.8 Å². The Bertz CT molecular complexity index is 289. The van der Waals surface area contributed by atoms with Gasteiger partial charge >= 0.3 is 6.18 Å². The summed E-state index contributed by atoms with van der Waals surface area (Å²) in [5.41, 5.74) is 0. The molecular weight excluding hydrogens is 287 g/mol. The quantitative estimate of drug-likeness (QED) is 0.431. The van der Waals surface area contributed by atoms with Crippen molar-refractivity contribution in [2.75, 3.05) is 25.4 Å². The minimum Gasteiger partial charge on any atom is -0.357 e. The first-order valence-electron chi connectivity index (χ1n) is 7.22. The highest BCUT2D eigenvalue weighted by Crippen LogP contribution is 2.26. The van der Waals surface area contributed by atoms with Crippen LogP contribution in [0, 0.1) is 0 Å². The van der Waals surface area contributed by atoms with Gasteiger partial charge in [0.15, 0.2) is 5.96 Å². The van der Waals surface area contributed by atoms with Crippen LogP contribution in [0.4, 0.5) is 13.2 Å². The van der Waals surface area contributed by atoms with Crippen molar-refractivity contribution in [2.45, 2.75) is 50.5 Å². The van der Waals surface area contributed by atoms with E-state index in [0.29, 0.717) is 24.2 Å². The zero-order chi connectivity index (χ0) is 14.8. The van der Waals surface area contributed by atoms with Crippen LogP contribution in [0.2, 0.25) is 0 Å². The molecular formula is C13H24F3N3S. The number of thioether (sulfide) groups is 1. The molecule has 0 spiro atoms. The number of alkyl halides is 3. The van der Waals surface area contributed by atoms with Gasteiger partial charge in [-0.1, -0.05) is 0 Å². The molecule has 1 heterocycles. The maximum atomic E-state index is 12.0. The molecule has 0 aromatic carbocycles. The van der Waals surface area contributed by atoms with Crippen molar-refractivity contribution < 1.29 is 13.2 Å². The molecule has 0 aromatic rings. The number of hydrogen-bond donors (Lipinski definition) is 2. The van der Waals surface area contributed by atoms with E-state index < -0.39 is 12.6 Å². The number of unbranched alkanes of at least 4 members (excludes halogenated alkanes) is 1. The van der Waals surface area contributed by atoms with Gasteiger partial charge in [-0.05, 0) is 38.4 Å². The Morgan fingerprint density at radius 2 is 2.10 bits per heavy atom. The second kappa shape index (κ2) is 9.37. The summed E-state index contributed by atoms with van der Waals surface area (Å²) in [4.78, 5) is 4.49. The second-order valence-corrected chi connectivity index (χ2v) is 6.26. The molecule has 7 heteroatoms. The van der Waals surface area contributed by atoms with Crippen molar-refractivity contribution in [2.24, 2.45) is 4.99 Å². The minimum absolute atomic E-state index is 0.161. The van der Waals surface area contributed by atoms with Gasteiger partial charge in [0.25, 0.3) is 0 Å². The number of aliphatic imine (C=N–C) groups is 1. The maximum absolute atomic E-state index is 12.0. The fourth-order valence-electron chi connectivity index (χ4n) is 1.98. The van der Waals surface area contributed by atoms with E-state index in [0.717, 1.165) is 13.1 Å². The molecule has 118 valence electrons. The largest absolute Gasteiger partial charge is 0.389 e. The molecule has 1 aliphatic rings. The number of nitrogens with zero attached hydrogens (tertiary/aromatic N) is 1. The maximum Gasteiger partial charge on any atom is 0.389 e. The Hall–Kier alpha value is -0.590. The topological polar surface area (TPSA) is 36.4 Å². The van der Waals surface area contributed by atoms with Gasteiger partial charge in [-0.15, -0.1) is 0 Å². The SMILES string of the molecule is CCNC(=NCC1CCCS1)NCCCCC(F)(F)F. The van der Waals surface area contributed by atoms with Gasteiger partial charge in [-0.3, -0.25) is 4.99 Å². The zero-order valence-electron chi connectivity index (χ0n) is 11.9. The van der Waals surface area contributed by atoms with Crippen molar-refractivity contribution in [1.82, 2.24) is 10.6 Å². The molecule has 1 fully saturated rings. The van der Waals surface area contributed by atoms with Crippen molar-refractivity contribution in [3.63, 3.8) is 0 Å². The van der Waals surface area contributed by atoms with Crippen LogP contribution >= 0.6 is 11.8 Å². The third kappa shape index (κ3) is 8.55. The summed E-state index contributed by atoms with van der Waals surface area (Å²) in [6, 6.07) is 0. The molecule has 0 aromatic heterocycles. The van der Waals surface area contributed by atoms with E-state index in [1.165, 1.54) is 18.6 Å². The molecule has 0 aliphatic carbocycles. The van der Waals surface area contributed by atoms with Crippen LogP contribution in [-0.2, 0) is 0 Å². The Labute approximate surface area is 123 Å². The summed E-state index contributed by atoms with van der Waals surface area (Å²) in [6.07, 6.45) is -1.62. The van der Waals surface area contributed by atoms with Crippen LogP contribution in [0.1, 0.15) is 39.0 Å². The Morgan fingerprint density at radius 3 is 2.70 bits per heavy atom. The van der Waals surface area contributed by atoms with Crippen molar-refractivity contribution in [1.29, 1.82) is 0 Å². The molecule has 0 saturated carbocycles. The smallest absolute Gasteiger partial charge is 0.357 e. The molecule has 1 unspecified atom stereocenters. The first-order chi connectivity index (χ1) is 9.51. The van der Waals surface area contributed by atoms with Crippen molar-refractivity contribution in [3.05, 3.63) is 0 Å². The van der Waals surface area contributed by atoms with Crippen LogP contribution in [0.15, 0.2) is 4.99 Å². The van der Waals surface area contributed by atoms with E-state index >= 15 is 0 Å². The molecule has 3 nitrogen and oxygen atoms in total. The summed E-state index contributed by atoms with van der Waals surface area (Å²) in [7, 11) is 0. The number of hydrogen-bond acceptors (Lipinski definition) is 2. The summed E-state index contributed by atoms with van der Waals surface area (Å²) in [5, 5.41) is 6.81. The fraction of sp³-hybridized carbons (Fsp3) is 0.923. The van der Waals surface area contributed by atoms with Gasteiger partial charge < -0.3 is 10.6 Å². The zero-order valence-corrected chi connectivity index (χ0v) is 12.7. The highest BCUT2D eigenvalue weighted by molar-refractivity contribution is 8.00. The number of halogens is 3. The standard InChI is InChI=1S/C13H24F3N3S/c1-2-17-12(19-10-11-6-5-9-20-11)18-8-4-3-7-13(14,15)16/h11H,2-10H2,1H3,(H2,17,18,19). The van der Waals surface area contributed by atoms with Gasteiger partial charge in [-0.2, -0.15) is 24.9 Å². The molecule has 2 N–H and O–H groups in total. The molecule has 1 saturated heterocycles. The molecule has 1 aliphatic heterocycles. The van der Waals surface area contributed by atoms with E-state index in [1.54, 1.807) is 0 Å². The van der Waals surface area contributed by atoms with Crippen LogP contribution in [0.25, 0.3) is 0 Å². The highest BCUT2D eigenvalue weighted by atomic mass is 32.2. The van der Waals surface area contributed by atoms with Gasteiger partial charge in [0.05, 0.1) is 6.54 Å². The summed E-state index contributed by atoms with van der Waals surface area (Å²) in [6.45, 7) is 4.04. The summed E-state index contributed by atoms with van der Waals surface area (Å²) in [5.74, 6) is 1.92. The number of rotatable bonds is 7. The molecule has 0 radical (unpaired) electrons. The predicted octanol–water partition coefficient (Wildman–Crippen LogP) is 3.17. The third-order valence-corrected chi connectivity index (χ3v) is 4.38. The molecule has 0 amide bonds. The molecule has 1 rings (SSSR count). The lowest BCUT2D eigenvalue weighted by Crippen LogP contribution is -2.38. The Balaban J connectivity index is 2.19. The summed E-state index contributed by atoms with van der Waals surface area (Å²) < 4.78 is 36.0. The summed E-state index contributed by atoms with van der Waals surface area (Å²) >= 11 is 1.95. The third-order valence-electron chi connectivity index (χ3n) is 3.00. The lowest BCUT2D eigenvalue weighted by atomic mass is 10.2. The van der Waals surface area contributed by atoms with Crippen LogP contribution in [0.5, 0.6) is 0 Å². The first kappa shape index (κ1) is 17.5. The second-order valence-electron chi connectivity index (χ2n) is 4.85. The lowest BCUT2D eigenvalue weighted by Gasteiger charge is -2.13. The van der Waals surface area contributed by atoms with Gasteiger partial charge in [0.2, 0.25) is 0 Å². The van der Waals surface area contributed by atoms with Crippen LogP contribution in [0.3, 0.4) is 0 Å². The molecule has 20 heavy (non-hydrogen) atoms. The minimum atomic E-state index is -4.04. The van der Waals surface area contributed by atoms with E-state index in [2.05, 4.69) is 15.6 Å². The van der Waals surface area contributed by atoms with E-state index in [1.807, 2.05) is 18.7 Å². The van der Waals surface area contributed by atoms with Crippen LogP contribution < -0.4 is 10.6 Å². The van der Waals surface area contributed by atoms with Crippen LogP contribution in [-0.4, -0.2) is 42.8 Å². The Morgan fingerprint density at radius 1 is 1.30 bits per heavy atom. The molecule has 1 atom stereocenters. The van der Waals surface area contributed by atoms with Gasteiger partial charge in [0.1, 0.15) is 0 Å². The predicted molar refractivity (Wildman–Crippen MR) is 79.4 cm³/mol. The molecule has 0 bridgehead atoms. The number of nitrogens with one attached hydrogen (secondary N) is 2. The average Bonchev–Trinajstić information content (AvgIpc) is 2.87. The van der Waals surface area contributed by atoms with Crippen molar-refractivity contribution >= 4 is 17.7 Å². The first-order valence-corrected chi connectivity index (χ1v) is 8.26. The Kier molecular flexibility index (Phi) is 8.18. The lowest BCUT2D eigenvalue weighted by molar-refractivity contribution is -0.135. The number of guanidine groups is 1. The van der Waals surface area contributed by atoms with E-state index in [9.17, 15) is 13.2 Å². The average molecular weight is 311 g/mol.